The van der Waals surface area contributed by atoms with E-state index in [4.69, 9.17) is 14.6 Å². The molecule has 0 aliphatic carbocycles. The van der Waals surface area contributed by atoms with E-state index in [1.807, 2.05) is 30.3 Å². The molecule has 3 aromatic rings. The Labute approximate surface area is 219 Å². The first kappa shape index (κ1) is 26.7. The third-order valence-electron chi connectivity index (χ3n) is 6.73. The Balaban J connectivity index is 1.42. The monoisotopic (exact) mass is 522 g/mol. The van der Waals surface area contributed by atoms with Crippen molar-refractivity contribution in [2.45, 2.75) is 52.1 Å². The van der Waals surface area contributed by atoms with Crippen LogP contribution in [0.3, 0.4) is 0 Å². The number of carbonyl (C=O) groups is 1. The Bertz CT molecular complexity index is 1370. The van der Waals surface area contributed by atoms with Crippen LogP contribution in [-0.4, -0.2) is 38.1 Å². The molecule has 0 fully saturated rings. The molecule has 0 unspecified atom stereocenters. The maximum absolute atomic E-state index is 11.4. The molecule has 0 spiro atoms. The largest absolute Gasteiger partial charge is 0.492 e. The van der Waals surface area contributed by atoms with Crippen molar-refractivity contribution in [3.8, 4) is 22.6 Å². The molecule has 0 radical (unpaired) electrons. The molecule has 6 nitrogen and oxygen atoms in total. The molecule has 1 N–H and O–H groups in total. The lowest BCUT2D eigenvalue weighted by molar-refractivity contribution is -0.137. The van der Waals surface area contributed by atoms with Gasteiger partial charge in [0.05, 0.1) is 13.0 Å². The number of aliphatic carboxylic acids is 1. The van der Waals surface area contributed by atoms with Crippen LogP contribution in [0.1, 0.15) is 53.0 Å². The normalized spacial score (nSPS) is 14.7. The Hall–Kier alpha value is -3.32. The van der Waals surface area contributed by atoms with Crippen molar-refractivity contribution < 1.29 is 27.8 Å². The maximum atomic E-state index is 11.4. The van der Waals surface area contributed by atoms with Crippen LogP contribution in [-0.2, 0) is 27.7 Å². The molecule has 37 heavy (non-hydrogen) atoms. The van der Waals surface area contributed by atoms with Gasteiger partial charge in [-0.15, -0.1) is 0 Å². The third-order valence-corrected chi connectivity index (χ3v) is 7.76. The average Bonchev–Trinajstić information content (AvgIpc) is 3.21. The van der Waals surface area contributed by atoms with Crippen LogP contribution in [0.2, 0.25) is 0 Å². The highest BCUT2D eigenvalue weighted by Gasteiger charge is 2.26. The number of ether oxygens (including phenoxy) is 2. The summed E-state index contributed by atoms with van der Waals surface area (Å²) >= 11 is 0. The molecule has 0 bridgehead atoms. The fourth-order valence-corrected chi connectivity index (χ4v) is 5.78. The quantitative estimate of drug-likeness (QED) is 0.317. The van der Waals surface area contributed by atoms with Crippen molar-refractivity contribution in [1.82, 2.24) is 0 Å². The van der Waals surface area contributed by atoms with Gasteiger partial charge in [-0.1, -0.05) is 36.4 Å². The van der Waals surface area contributed by atoms with Crippen LogP contribution in [0.4, 0.5) is 0 Å². The van der Waals surface area contributed by atoms with Crippen molar-refractivity contribution in [2.75, 3.05) is 18.6 Å². The van der Waals surface area contributed by atoms with Crippen LogP contribution < -0.4 is 9.47 Å². The van der Waals surface area contributed by atoms with Gasteiger partial charge in [0.15, 0.2) is 0 Å². The molecular weight excluding hydrogens is 488 g/mol. The maximum Gasteiger partial charge on any atom is 0.304 e. The summed E-state index contributed by atoms with van der Waals surface area (Å²) in [6.07, 6.45) is 3.75. The number of carboxylic acid groups (broad SMARTS) is 1. The highest BCUT2D eigenvalue weighted by molar-refractivity contribution is 7.90. The lowest BCUT2D eigenvalue weighted by atomic mass is 9.91. The highest BCUT2D eigenvalue weighted by Crippen LogP contribution is 2.38. The minimum absolute atomic E-state index is 0.0585. The zero-order valence-corrected chi connectivity index (χ0v) is 22.4. The first-order valence-corrected chi connectivity index (χ1v) is 14.6. The predicted molar refractivity (Wildman–Crippen MR) is 145 cm³/mol. The first-order chi connectivity index (χ1) is 17.6. The molecule has 1 atom stereocenters. The topological polar surface area (TPSA) is 89.9 Å². The fraction of sp³-hybridized carbons (Fsp3) is 0.367. The summed E-state index contributed by atoms with van der Waals surface area (Å²) in [7, 11) is -2.91. The van der Waals surface area contributed by atoms with Gasteiger partial charge in [-0.3, -0.25) is 4.79 Å². The molecule has 1 aliphatic heterocycles. The summed E-state index contributed by atoms with van der Waals surface area (Å²) in [5, 5.41) is 9.09. The van der Waals surface area contributed by atoms with E-state index in [0.717, 1.165) is 29.5 Å². The van der Waals surface area contributed by atoms with Gasteiger partial charge < -0.3 is 14.6 Å². The summed E-state index contributed by atoms with van der Waals surface area (Å²) in [5.74, 6) is 0.671. The average molecular weight is 523 g/mol. The number of carboxylic acids is 1. The van der Waals surface area contributed by atoms with E-state index in [-0.39, 0.29) is 18.1 Å². The van der Waals surface area contributed by atoms with E-state index in [2.05, 4.69) is 38.1 Å². The van der Waals surface area contributed by atoms with Crippen molar-refractivity contribution >= 4 is 15.8 Å². The van der Waals surface area contributed by atoms with E-state index in [1.165, 1.54) is 28.5 Å². The smallest absolute Gasteiger partial charge is 0.304 e. The molecule has 3 aromatic carbocycles. The van der Waals surface area contributed by atoms with Gasteiger partial charge in [-0.25, -0.2) is 8.42 Å². The number of benzene rings is 3. The predicted octanol–water partition coefficient (Wildman–Crippen LogP) is 5.87. The highest BCUT2D eigenvalue weighted by atomic mass is 32.2. The van der Waals surface area contributed by atoms with Crippen LogP contribution in [0.5, 0.6) is 11.5 Å². The zero-order valence-electron chi connectivity index (χ0n) is 21.6. The number of unbranched alkanes of at least 4 members (excludes halogenated alkanes) is 1. The molecule has 1 aliphatic rings. The van der Waals surface area contributed by atoms with Crippen LogP contribution >= 0.6 is 0 Å². The van der Waals surface area contributed by atoms with E-state index in [1.54, 1.807) is 0 Å². The Morgan fingerprint density at radius 2 is 1.78 bits per heavy atom. The molecule has 0 aromatic heterocycles. The molecule has 4 rings (SSSR count). The number of fused-ring (bicyclic) bond motifs is 1. The molecule has 196 valence electrons. The Morgan fingerprint density at radius 3 is 2.49 bits per heavy atom. The summed E-state index contributed by atoms with van der Waals surface area (Å²) in [5.41, 5.74) is 7.93. The van der Waals surface area contributed by atoms with Crippen molar-refractivity contribution in [2.24, 2.45) is 0 Å². The second kappa shape index (κ2) is 11.4. The minimum atomic E-state index is -2.91. The minimum Gasteiger partial charge on any atom is -0.492 e. The van der Waals surface area contributed by atoms with E-state index < -0.39 is 15.8 Å². The van der Waals surface area contributed by atoms with Crippen molar-refractivity contribution in [3.05, 3.63) is 82.4 Å². The molecule has 0 saturated heterocycles. The molecule has 7 heteroatoms. The lowest BCUT2D eigenvalue weighted by Gasteiger charge is -2.15. The van der Waals surface area contributed by atoms with E-state index in [0.29, 0.717) is 31.1 Å². The Morgan fingerprint density at radius 1 is 1.03 bits per heavy atom. The number of hydrogen-bond acceptors (Lipinski definition) is 5. The van der Waals surface area contributed by atoms with E-state index >= 15 is 0 Å². The SMILES string of the molecule is Cc1cc(CCCCS(C)(=O)=O)cc(C)c1-c1cccc(COc2ccc3c(c2)OC[C@H]3CC(=O)O)c1. The van der Waals surface area contributed by atoms with Gasteiger partial charge in [0.1, 0.15) is 27.9 Å². The van der Waals surface area contributed by atoms with Gasteiger partial charge in [0.25, 0.3) is 0 Å². The molecular formula is C30H34O6S. The van der Waals surface area contributed by atoms with Gasteiger partial charge in [-0.2, -0.15) is 0 Å². The Kier molecular flexibility index (Phi) is 8.22. The van der Waals surface area contributed by atoms with Crippen LogP contribution in [0.15, 0.2) is 54.6 Å². The second-order valence-corrected chi connectivity index (χ2v) is 12.2. The summed E-state index contributed by atoms with van der Waals surface area (Å²) in [4.78, 5) is 11.1. The number of hydrogen-bond donors (Lipinski definition) is 1. The van der Waals surface area contributed by atoms with Gasteiger partial charge in [0.2, 0.25) is 0 Å². The van der Waals surface area contributed by atoms with Gasteiger partial charge in [0, 0.05) is 29.6 Å². The fourth-order valence-electron chi connectivity index (χ4n) is 5.06. The summed E-state index contributed by atoms with van der Waals surface area (Å²) in [6.45, 7) is 5.02. The number of sulfone groups is 1. The van der Waals surface area contributed by atoms with Crippen molar-refractivity contribution in [1.29, 1.82) is 0 Å². The van der Waals surface area contributed by atoms with Crippen molar-refractivity contribution in [3.63, 3.8) is 0 Å². The standard InChI is InChI=1S/C30H34O6S/c1-20-13-22(7-4-5-12-37(3,33)34)14-21(2)30(20)24-9-6-8-23(15-24)18-35-26-10-11-27-25(16-29(31)32)19-36-28(27)17-26/h6,8-11,13-15,17,25H,4-5,7,12,16,18-19H2,1-3H3,(H,31,32)/t25-/m1/s1. The van der Waals surface area contributed by atoms with Crippen LogP contribution in [0, 0.1) is 13.8 Å². The first-order valence-electron chi connectivity index (χ1n) is 12.6. The summed E-state index contributed by atoms with van der Waals surface area (Å²) < 4.78 is 34.5. The number of aryl methyl sites for hydroxylation is 3. The molecule has 0 saturated carbocycles. The van der Waals surface area contributed by atoms with E-state index in [9.17, 15) is 13.2 Å². The lowest BCUT2D eigenvalue weighted by Crippen LogP contribution is -2.07. The molecule has 1 heterocycles. The number of rotatable bonds is 11. The van der Waals surface area contributed by atoms with Gasteiger partial charge >= 0.3 is 5.97 Å². The summed E-state index contributed by atoms with van der Waals surface area (Å²) in [6, 6.07) is 18.3. The third kappa shape index (κ3) is 7.13. The zero-order chi connectivity index (χ0) is 26.6. The second-order valence-electron chi connectivity index (χ2n) is 9.99. The van der Waals surface area contributed by atoms with Crippen LogP contribution in [0.25, 0.3) is 11.1 Å². The van der Waals surface area contributed by atoms with Gasteiger partial charge in [-0.05, 0) is 78.6 Å². The molecule has 0 amide bonds.